The molecule has 4 aromatic rings. The molecule has 3 heterocycles. The number of nitrogens with one attached hydrogen (secondary N) is 2. The number of benzene rings is 2. The molecule has 5 rings (SSSR count). The first-order valence-corrected chi connectivity index (χ1v) is 13.8. The highest BCUT2D eigenvalue weighted by Gasteiger charge is 2.38. The normalized spacial score (nSPS) is 17.6. The van der Waals surface area contributed by atoms with Gasteiger partial charge in [0.15, 0.2) is 0 Å². The monoisotopic (exact) mass is 541 g/mol. The van der Waals surface area contributed by atoms with Gasteiger partial charge in [-0.15, -0.1) is 11.8 Å². The third kappa shape index (κ3) is 5.60. The molecular formula is C30H31N5O3S. The van der Waals surface area contributed by atoms with Crippen molar-refractivity contribution in [2.75, 3.05) is 10.7 Å². The van der Waals surface area contributed by atoms with Gasteiger partial charge in [0, 0.05) is 40.5 Å². The summed E-state index contributed by atoms with van der Waals surface area (Å²) in [6.07, 6.45) is 5.36. The zero-order valence-corrected chi connectivity index (χ0v) is 22.9. The number of amides is 2. The molecule has 0 bridgehead atoms. The molecule has 0 spiro atoms. The van der Waals surface area contributed by atoms with Crippen LogP contribution < -0.4 is 10.2 Å². The van der Waals surface area contributed by atoms with Crippen molar-refractivity contribution in [1.82, 2.24) is 20.3 Å². The minimum Gasteiger partial charge on any atom is -0.390 e. The topological polar surface area (TPSA) is 111 Å². The standard InChI is InChI=1S/C30H31N5O3S/c1-30(2,3)20-10-12-21(13-11-20)35(29(38)23-16-32-18-33-23)27(19-7-6-14-31-15-19)28(37)34-26-22-8-4-5-9-25(22)39-17-24(26)36/h4-16,18,24,26-27,36H,17H2,1-3H3,(H,32,33)(H,34,37)/t24-,26+,27?/m0/s1. The van der Waals surface area contributed by atoms with E-state index < -0.39 is 30.0 Å². The largest absolute Gasteiger partial charge is 0.390 e. The summed E-state index contributed by atoms with van der Waals surface area (Å²) in [6.45, 7) is 6.35. The number of rotatable bonds is 6. The van der Waals surface area contributed by atoms with Crippen molar-refractivity contribution in [3.05, 3.63) is 108 Å². The first-order chi connectivity index (χ1) is 18.7. The number of carbonyl (C=O) groups excluding carboxylic acids is 2. The van der Waals surface area contributed by atoms with E-state index in [9.17, 15) is 14.7 Å². The van der Waals surface area contributed by atoms with E-state index in [1.165, 1.54) is 17.4 Å². The number of carbonyl (C=O) groups is 2. The number of imidazole rings is 1. The third-order valence-corrected chi connectivity index (χ3v) is 7.99. The number of nitrogens with zero attached hydrogens (tertiary/aromatic N) is 3. The molecular weight excluding hydrogens is 510 g/mol. The fraction of sp³-hybridized carbons (Fsp3) is 0.267. The molecule has 8 nitrogen and oxygen atoms in total. The van der Waals surface area contributed by atoms with E-state index in [1.54, 1.807) is 36.3 Å². The Kier molecular flexibility index (Phi) is 7.54. The van der Waals surface area contributed by atoms with Crippen LogP contribution in [0.1, 0.15) is 60.0 Å². The maximum Gasteiger partial charge on any atom is 0.279 e. The van der Waals surface area contributed by atoms with E-state index >= 15 is 0 Å². The van der Waals surface area contributed by atoms with Crippen LogP contribution >= 0.6 is 11.8 Å². The fourth-order valence-corrected chi connectivity index (χ4v) is 5.79. The second-order valence-corrected chi connectivity index (χ2v) is 11.6. The van der Waals surface area contributed by atoms with E-state index in [4.69, 9.17) is 0 Å². The number of hydrogen-bond acceptors (Lipinski definition) is 6. The van der Waals surface area contributed by atoms with E-state index in [-0.39, 0.29) is 11.1 Å². The molecule has 3 N–H and O–H groups in total. The van der Waals surface area contributed by atoms with Crippen LogP contribution in [0.5, 0.6) is 0 Å². The smallest absolute Gasteiger partial charge is 0.279 e. The van der Waals surface area contributed by atoms with Crippen molar-refractivity contribution in [3.8, 4) is 0 Å². The maximum atomic E-state index is 14.2. The molecule has 1 aliphatic heterocycles. The van der Waals surface area contributed by atoms with Crippen LogP contribution in [0.3, 0.4) is 0 Å². The Labute approximate surface area is 231 Å². The Morgan fingerprint density at radius 1 is 1.10 bits per heavy atom. The quantitative estimate of drug-likeness (QED) is 0.323. The number of aromatic nitrogens is 3. The van der Waals surface area contributed by atoms with Crippen LogP contribution in [-0.2, 0) is 10.2 Å². The number of anilines is 1. The summed E-state index contributed by atoms with van der Waals surface area (Å²) in [5.74, 6) is -0.426. The van der Waals surface area contributed by atoms with Gasteiger partial charge in [0.05, 0.1) is 18.5 Å². The third-order valence-electron chi connectivity index (χ3n) is 6.80. The summed E-state index contributed by atoms with van der Waals surface area (Å²) in [5, 5.41) is 14.0. The lowest BCUT2D eigenvalue weighted by atomic mass is 9.87. The highest BCUT2D eigenvalue weighted by Crippen LogP contribution is 2.37. The van der Waals surface area contributed by atoms with Gasteiger partial charge in [-0.05, 0) is 40.8 Å². The first kappa shape index (κ1) is 26.6. The molecule has 2 aromatic heterocycles. The minimum atomic E-state index is -1.07. The van der Waals surface area contributed by atoms with E-state index in [0.29, 0.717) is 17.0 Å². The van der Waals surface area contributed by atoms with Crippen LogP contribution in [0.2, 0.25) is 0 Å². The van der Waals surface area contributed by atoms with E-state index in [1.807, 2.05) is 48.5 Å². The van der Waals surface area contributed by atoms with E-state index in [2.05, 4.69) is 41.0 Å². The van der Waals surface area contributed by atoms with Crippen LogP contribution in [-0.4, -0.2) is 43.7 Å². The molecule has 0 radical (unpaired) electrons. The molecule has 2 amide bonds. The number of fused-ring (bicyclic) bond motifs is 1. The van der Waals surface area contributed by atoms with Crippen molar-refractivity contribution < 1.29 is 14.7 Å². The number of aromatic amines is 1. The number of aliphatic hydroxyl groups is 1. The molecule has 0 fully saturated rings. The van der Waals surface area contributed by atoms with Gasteiger partial charge in [-0.25, -0.2) is 4.98 Å². The Morgan fingerprint density at radius 3 is 2.54 bits per heavy atom. The Bertz CT molecular complexity index is 1440. The maximum absolute atomic E-state index is 14.2. The van der Waals surface area contributed by atoms with Gasteiger partial charge >= 0.3 is 0 Å². The molecule has 39 heavy (non-hydrogen) atoms. The average molecular weight is 542 g/mol. The van der Waals surface area contributed by atoms with Crippen LogP contribution in [0.4, 0.5) is 5.69 Å². The number of aliphatic hydroxyl groups excluding tert-OH is 1. The number of H-pyrrole nitrogens is 1. The zero-order valence-electron chi connectivity index (χ0n) is 22.0. The van der Waals surface area contributed by atoms with E-state index in [0.717, 1.165) is 16.0 Å². The van der Waals surface area contributed by atoms with Crippen molar-refractivity contribution in [1.29, 1.82) is 0 Å². The van der Waals surface area contributed by atoms with Gasteiger partial charge in [-0.2, -0.15) is 0 Å². The van der Waals surface area contributed by atoms with Crippen molar-refractivity contribution >= 4 is 29.3 Å². The summed E-state index contributed by atoms with van der Waals surface area (Å²) in [4.78, 5) is 41.9. The number of pyridine rings is 1. The van der Waals surface area contributed by atoms with Crippen molar-refractivity contribution in [2.45, 2.75) is 49.3 Å². The van der Waals surface area contributed by atoms with Gasteiger partial charge in [0.2, 0.25) is 5.91 Å². The number of thioether (sulfide) groups is 1. The number of hydrogen-bond donors (Lipinski definition) is 3. The second-order valence-electron chi connectivity index (χ2n) is 10.5. The predicted octanol–water partition coefficient (Wildman–Crippen LogP) is 4.81. The van der Waals surface area contributed by atoms with Crippen LogP contribution in [0, 0.1) is 0 Å². The molecule has 9 heteroatoms. The summed E-state index contributed by atoms with van der Waals surface area (Å²) < 4.78 is 0. The molecule has 0 saturated carbocycles. The summed E-state index contributed by atoms with van der Waals surface area (Å²) >= 11 is 1.55. The summed E-state index contributed by atoms with van der Waals surface area (Å²) in [6, 6.07) is 17.2. The Morgan fingerprint density at radius 2 is 1.87 bits per heavy atom. The van der Waals surface area contributed by atoms with Gasteiger partial charge in [-0.1, -0.05) is 57.2 Å². The van der Waals surface area contributed by atoms with Gasteiger partial charge in [0.1, 0.15) is 11.7 Å². The summed E-state index contributed by atoms with van der Waals surface area (Å²) in [5.41, 5.74) is 3.11. The minimum absolute atomic E-state index is 0.0851. The fourth-order valence-electron chi connectivity index (χ4n) is 4.72. The van der Waals surface area contributed by atoms with Gasteiger partial charge < -0.3 is 15.4 Å². The predicted molar refractivity (Wildman–Crippen MR) is 152 cm³/mol. The van der Waals surface area contributed by atoms with Gasteiger partial charge in [-0.3, -0.25) is 19.5 Å². The zero-order chi connectivity index (χ0) is 27.6. The highest BCUT2D eigenvalue weighted by atomic mass is 32.2. The molecule has 3 atom stereocenters. The SMILES string of the molecule is CC(C)(C)c1ccc(N(C(=O)c2c[nH]cn2)C(C(=O)N[C@@H]2c3ccccc3SC[C@@H]2O)c2cccnc2)cc1. The lowest BCUT2D eigenvalue weighted by Gasteiger charge is -2.35. The Balaban J connectivity index is 1.59. The van der Waals surface area contributed by atoms with Crippen molar-refractivity contribution in [2.24, 2.45) is 0 Å². The molecule has 2 aromatic carbocycles. The van der Waals surface area contributed by atoms with Crippen LogP contribution in [0.15, 0.2) is 90.5 Å². The summed E-state index contributed by atoms with van der Waals surface area (Å²) in [7, 11) is 0. The second kappa shape index (κ2) is 11.0. The molecule has 1 aliphatic rings. The Hall–Kier alpha value is -3.95. The highest BCUT2D eigenvalue weighted by molar-refractivity contribution is 7.99. The first-order valence-electron chi connectivity index (χ1n) is 12.8. The van der Waals surface area contributed by atoms with Gasteiger partial charge in [0.25, 0.3) is 5.91 Å². The van der Waals surface area contributed by atoms with Crippen molar-refractivity contribution in [3.63, 3.8) is 0 Å². The molecule has 1 unspecified atom stereocenters. The molecule has 200 valence electrons. The average Bonchev–Trinajstić information content (AvgIpc) is 3.48. The van der Waals surface area contributed by atoms with Crippen LogP contribution in [0.25, 0.3) is 0 Å². The molecule has 0 saturated heterocycles. The lowest BCUT2D eigenvalue weighted by Crippen LogP contribution is -2.48. The lowest BCUT2D eigenvalue weighted by molar-refractivity contribution is -0.124. The molecule has 0 aliphatic carbocycles.